The summed E-state index contributed by atoms with van der Waals surface area (Å²) in [5, 5.41) is 7.88. The molecule has 2 aliphatic heterocycles. The van der Waals surface area contributed by atoms with Crippen LogP contribution in [0.25, 0.3) is 10.9 Å². The first-order valence-corrected chi connectivity index (χ1v) is 10.5. The van der Waals surface area contributed by atoms with Gasteiger partial charge in [-0.15, -0.1) is 0 Å². The molecule has 2 fully saturated rings. The number of methoxy groups -OCH3 is 1. The maximum atomic E-state index is 6.08. The van der Waals surface area contributed by atoms with Gasteiger partial charge in [-0.25, -0.2) is 9.97 Å². The molecule has 2 aliphatic rings. The normalized spacial score (nSPS) is 20.3. The zero-order chi connectivity index (χ0) is 19.2. The number of aromatic nitrogens is 2. The summed E-state index contributed by atoms with van der Waals surface area (Å²) in [5.41, 5.74) is 0.899. The van der Waals surface area contributed by atoms with Gasteiger partial charge in [0.25, 0.3) is 0 Å². The SMILES string of the molecule is COc1cc2c(N3CCNCC3)ncnc2cc1OCCCC1CCCNC1. The first kappa shape index (κ1) is 19.2. The molecule has 28 heavy (non-hydrogen) atoms. The molecule has 4 rings (SSSR count). The van der Waals surface area contributed by atoms with Crippen LogP contribution in [-0.2, 0) is 0 Å². The molecule has 0 radical (unpaired) electrons. The van der Waals surface area contributed by atoms with E-state index in [0.717, 1.165) is 73.3 Å². The van der Waals surface area contributed by atoms with Crippen LogP contribution in [0.3, 0.4) is 0 Å². The third kappa shape index (κ3) is 4.47. The lowest BCUT2D eigenvalue weighted by molar-refractivity contribution is 0.264. The Morgan fingerprint density at radius 3 is 2.79 bits per heavy atom. The van der Waals surface area contributed by atoms with Crippen molar-refractivity contribution in [3.8, 4) is 11.5 Å². The molecule has 3 heterocycles. The molecule has 7 nitrogen and oxygen atoms in total. The van der Waals surface area contributed by atoms with E-state index in [2.05, 4.69) is 25.5 Å². The first-order valence-electron chi connectivity index (χ1n) is 10.5. The van der Waals surface area contributed by atoms with E-state index in [0.29, 0.717) is 6.61 Å². The van der Waals surface area contributed by atoms with Gasteiger partial charge in [0.05, 0.1) is 19.2 Å². The highest BCUT2D eigenvalue weighted by Gasteiger charge is 2.18. The van der Waals surface area contributed by atoms with Crippen molar-refractivity contribution in [3.63, 3.8) is 0 Å². The van der Waals surface area contributed by atoms with Crippen molar-refractivity contribution >= 4 is 16.7 Å². The molecule has 0 spiro atoms. The van der Waals surface area contributed by atoms with E-state index >= 15 is 0 Å². The Morgan fingerprint density at radius 2 is 2.00 bits per heavy atom. The van der Waals surface area contributed by atoms with Gasteiger partial charge in [0, 0.05) is 37.6 Å². The van der Waals surface area contributed by atoms with E-state index in [9.17, 15) is 0 Å². The minimum atomic E-state index is 0.702. The van der Waals surface area contributed by atoms with Crippen LogP contribution in [0.15, 0.2) is 18.5 Å². The number of nitrogens with one attached hydrogen (secondary N) is 2. The van der Waals surface area contributed by atoms with Gasteiger partial charge in [0.15, 0.2) is 11.5 Å². The average Bonchev–Trinajstić information content (AvgIpc) is 2.77. The van der Waals surface area contributed by atoms with Crippen molar-refractivity contribution in [3.05, 3.63) is 18.5 Å². The van der Waals surface area contributed by atoms with Crippen molar-refractivity contribution in [1.29, 1.82) is 0 Å². The summed E-state index contributed by atoms with van der Waals surface area (Å²) in [6.07, 6.45) is 6.53. The number of piperidine rings is 1. The lowest BCUT2D eigenvalue weighted by Gasteiger charge is -2.29. The molecular weight excluding hydrogens is 354 g/mol. The fourth-order valence-corrected chi connectivity index (χ4v) is 4.18. The van der Waals surface area contributed by atoms with Gasteiger partial charge in [-0.1, -0.05) is 0 Å². The van der Waals surface area contributed by atoms with Gasteiger partial charge in [0.2, 0.25) is 0 Å². The third-order valence-corrected chi connectivity index (χ3v) is 5.73. The van der Waals surface area contributed by atoms with Crippen LogP contribution < -0.4 is 25.0 Å². The molecular formula is C21H31N5O2. The molecule has 2 saturated heterocycles. The van der Waals surface area contributed by atoms with Crippen LogP contribution in [0.4, 0.5) is 5.82 Å². The second kappa shape index (κ2) is 9.39. The van der Waals surface area contributed by atoms with Gasteiger partial charge in [-0.3, -0.25) is 0 Å². The number of anilines is 1. The number of fused-ring (bicyclic) bond motifs is 1. The topological polar surface area (TPSA) is 71.5 Å². The second-order valence-corrected chi connectivity index (χ2v) is 7.66. The average molecular weight is 386 g/mol. The van der Waals surface area contributed by atoms with Crippen LogP contribution >= 0.6 is 0 Å². The molecule has 1 atom stereocenters. The monoisotopic (exact) mass is 385 g/mol. The number of ether oxygens (including phenoxy) is 2. The number of hydrogen-bond acceptors (Lipinski definition) is 7. The standard InChI is InChI=1S/C21H31N5O2/c1-27-19-12-17-18(24-15-25-21(17)26-9-7-22-8-10-26)13-20(19)28-11-3-5-16-4-2-6-23-14-16/h12-13,15-16,22-23H,2-11,14H2,1H3. The fourth-order valence-electron chi connectivity index (χ4n) is 4.18. The van der Waals surface area contributed by atoms with Gasteiger partial charge in [0.1, 0.15) is 12.1 Å². The van der Waals surface area contributed by atoms with Crippen LogP contribution in [0.1, 0.15) is 25.7 Å². The maximum Gasteiger partial charge on any atom is 0.163 e. The Balaban J connectivity index is 1.46. The summed E-state index contributed by atoms with van der Waals surface area (Å²) in [6.45, 7) is 6.85. The lowest BCUT2D eigenvalue weighted by atomic mass is 9.95. The highest BCUT2D eigenvalue weighted by atomic mass is 16.5. The molecule has 1 aromatic heterocycles. The molecule has 2 aromatic rings. The van der Waals surface area contributed by atoms with Gasteiger partial charge >= 0.3 is 0 Å². The highest BCUT2D eigenvalue weighted by molar-refractivity contribution is 5.92. The summed E-state index contributed by atoms with van der Waals surface area (Å²) < 4.78 is 11.7. The van der Waals surface area contributed by atoms with E-state index in [1.807, 2.05) is 12.1 Å². The lowest BCUT2D eigenvalue weighted by Crippen LogP contribution is -2.44. The van der Waals surface area contributed by atoms with Crippen LogP contribution in [0, 0.1) is 5.92 Å². The largest absolute Gasteiger partial charge is 0.493 e. The second-order valence-electron chi connectivity index (χ2n) is 7.66. The first-order chi connectivity index (χ1) is 13.8. The maximum absolute atomic E-state index is 6.08. The summed E-state index contributed by atoms with van der Waals surface area (Å²) in [6, 6.07) is 4.01. The Bertz CT molecular complexity index is 773. The Labute approximate surface area is 166 Å². The summed E-state index contributed by atoms with van der Waals surface area (Å²) >= 11 is 0. The Hall–Kier alpha value is -2.12. The van der Waals surface area contributed by atoms with Gasteiger partial charge in [-0.2, -0.15) is 0 Å². The predicted octanol–water partition coefficient (Wildman–Crippen LogP) is 2.21. The fraction of sp³-hybridized carbons (Fsp3) is 0.619. The Morgan fingerprint density at radius 1 is 1.11 bits per heavy atom. The minimum Gasteiger partial charge on any atom is -0.493 e. The van der Waals surface area contributed by atoms with Crippen LogP contribution in [0.5, 0.6) is 11.5 Å². The molecule has 7 heteroatoms. The number of rotatable bonds is 7. The Kier molecular flexibility index (Phi) is 6.44. The summed E-state index contributed by atoms with van der Waals surface area (Å²) in [7, 11) is 1.69. The van der Waals surface area contributed by atoms with E-state index in [1.54, 1.807) is 13.4 Å². The van der Waals surface area contributed by atoms with E-state index in [-0.39, 0.29) is 0 Å². The van der Waals surface area contributed by atoms with E-state index in [1.165, 1.54) is 25.8 Å². The van der Waals surface area contributed by atoms with Crippen LogP contribution in [0.2, 0.25) is 0 Å². The summed E-state index contributed by atoms with van der Waals surface area (Å²) in [4.78, 5) is 11.3. The van der Waals surface area contributed by atoms with E-state index in [4.69, 9.17) is 9.47 Å². The molecule has 0 bridgehead atoms. The molecule has 0 aliphatic carbocycles. The number of hydrogen-bond donors (Lipinski definition) is 2. The van der Waals surface area contributed by atoms with Crippen LogP contribution in [-0.4, -0.2) is 63.0 Å². The van der Waals surface area contributed by atoms with Crippen molar-refractivity contribution in [2.24, 2.45) is 5.92 Å². The molecule has 0 saturated carbocycles. The van der Waals surface area contributed by atoms with Crippen molar-refractivity contribution in [2.45, 2.75) is 25.7 Å². The molecule has 1 aromatic carbocycles. The quantitative estimate of drug-likeness (QED) is 0.708. The van der Waals surface area contributed by atoms with Crippen molar-refractivity contribution in [1.82, 2.24) is 20.6 Å². The molecule has 152 valence electrons. The predicted molar refractivity (Wildman–Crippen MR) is 111 cm³/mol. The van der Waals surface area contributed by atoms with Gasteiger partial charge in [-0.05, 0) is 50.8 Å². The molecule has 1 unspecified atom stereocenters. The van der Waals surface area contributed by atoms with Gasteiger partial charge < -0.3 is 25.0 Å². The minimum absolute atomic E-state index is 0.702. The summed E-state index contributed by atoms with van der Waals surface area (Å²) in [5.74, 6) is 3.27. The number of benzene rings is 1. The van der Waals surface area contributed by atoms with E-state index < -0.39 is 0 Å². The molecule has 0 amide bonds. The van der Waals surface area contributed by atoms with Crippen molar-refractivity contribution < 1.29 is 9.47 Å². The zero-order valence-corrected chi connectivity index (χ0v) is 16.7. The highest BCUT2D eigenvalue weighted by Crippen LogP contribution is 2.35. The number of nitrogens with zero attached hydrogens (tertiary/aromatic N) is 3. The molecule has 2 N–H and O–H groups in total. The third-order valence-electron chi connectivity index (χ3n) is 5.73. The number of piperazine rings is 1. The zero-order valence-electron chi connectivity index (χ0n) is 16.7. The smallest absolute Gasteiger partial charge is 0.163 e. The van der Waals surface area contributed by atoms with Crippen molar-refractivity contribution in [2.75, 3.05) is 57.9 Å².